The molecule has 0 atom stereocenters. The van der Waals surface area contributed by atoms with Crippen molar-refractivity contribution in [2.24, 2.45) is 0 Å². The van der Waals surface area contributed by atoms with E-state index in [9.17, 15) is 4.79 Å². The molecule has 0 bridgehead atoms. The van der Waals surface area contributed by atoms with Crippen LogP contribution in [0.25, 0.3) is 33.4 Å². The van der Waals surface area contributed by atoms with Crippen LogP contribution in [0.4, 0.5) is 0 Å². The van der Waals surface area contributed by atoms with Gasteiger partial charge in [-0.05, 0) is 86.3 Å². The summed E-state index contributed by atoms with van der Waals surface area (Å²) in [6.45, 7) is 0. The van der Waals surface area contributed by atoms with Crippen LogP contribution in [0, 0.1) is 0 Å². The van der Waals surface area contributed by atoms with Gasteiger partial charge in [-0.15, -0.1) is 0 Å². The zero-order chi connectivity index (χ0) is 28.2. The molecule has 2 heteroatoms. The Balaban J connectivity index is 1.29. The number of carbonyl (C=O) groups is 1. The van der Waals surface area contributed by atoms with Gasteiger partial charge in [0.1, 0.15) is 0 Å². The van der Waals surface area contributed by atoms with E-state index in [2.05, 4.69) is 134 Å². The number of hydrogen-bond acceptors (Lipinski definition) is 1. The maximum atomic E-state index is 14.6. The summed E-state index contributed by atoms with van der Waals surface area (Å²) in [5.74, 6) is 0.105. The standard InChI is InChI=1S/C40H28OS/c1-42(2)37-21-10-6-15-30(37)31-16-11-17-32(39(31)42)38(41)25-22-23-29-28-14-5-9-20-35(28)40(36(29)24-25)33-18-7-3-12-26(33)27-13-4-8-19-34(27)40/h3-24H,1-2H3. The topological polar surface area (TPSA) is 17.1 Å². The Bertz CT molecular complexity index is 2090. The molecule has 6 aromatic carbocycles. The first-order valence-corrected chi connectivity index (χ1v) is 16.9. The van der Waals surface area contributed by atoms with Gasteiger partial charge in [-0.3, -0.25) is 4.79 Å². The normalized spacial score (nSPS) is 16.1. The summed E-state index contributed by atoms with van der Waals surface area (Å²) >= 11 is 0. The number of ketones is 1. The molecular formula is C40H28OS. The second-order valence-corrected chi connectivity index (χ2v) is 15.5. The summed E-state index contributed by atoms with van der Waals surface area (Å²) in [4.78, 5) is 17.2. The first-order chi connectivity index (χ1) is 20.5. The summed E-state index contributed by atoms with van der Waals surface area (Å²) in [6.07, 6.45) is 4.66. The fourth-order valence-corrected chi connectivity index (χ4v) is 10.9. The Morgan fingerprint density at radius 3 is 1.62 bits per heavy atom. The molecule has 6 aromatic rings. The summed E-state index contributed by atoms with van der Waals surface area (Å²) < 4.78 is 0. The van der Waals surface area contributed by atoms with Gasteiger partial charge in [-0.2, -0.15) is 10.0 Å². The lowest BCUT2D eigenvalue weighted by Crippen LogP contribution is -2.26. The fraction of sp³-hybridized carbons (Fsp3) is 0.0750. The van der Waals surface area contributed by atoms with E-state index in [4.69, 9.17) is 0 Å². The summed E-state index contributed by atoms with van der Waals surface area (Å²) in [5.41, 5.74) is 13.7. The van der Waals surface area contributed by atoms with Crippen molar-refractivity contribution < 1.29 is 4.79 Å². The molecule has 1 aliphatic heterocycles. The minimum atomic E-state index is -1.33. The maximum Gasteiger partial charge on any atom is 0.194 e. The highest BCUT2D eigenvalue weighted by Crippen LogP contribution is 2.68. The molecule has 2 aliphatic carbocycles. The van der Waals surface area contributed by atoms with Crippen molar-refractivity contribution in [3.05, 3.63) is 167 Å². The lowest BCUT2D eigenvalue weighted by Gasteiger charge is -2.31. The Labute approximate surface area is 247 Å². The number of rotatable bonds is 2. The second kappa shape index (κ2) is 8.21. The van der Waals surface area contributed by atoms with Gasteiger partial charge in [0, 0.05) is 20.9 Å². The number of hydrogen-bond donors (Lipinski definition) is 0. The highest BCUT2D eigenvalue weighted by molar-refractivity contribution is 8.33. The van der Waals surface area contributed by atoms with Crippen molar-refractivity contribution in [2.75, 3.05) is 12.5 Å². The molecule has 0 unspecified atom stereocenters. The molecule has 0 saturated heterocycles. The van der Waals surface area contributed by atoms with Gasteiger partial charge in [-0.25, -0.2) is 0 Å². The lowest BCUT2D eigenvalue weighted by atomic mass is 9.70. The smallest absolute Gasteiger partial charge is 0.194 e. The maximum absolute atomic E-state index is 14.6. The van der Waals surface area contributed by atoms with Gasteiger partial charge >= 0.3 is 0 Å². The third kappa shape index (κ3) is 2.78. The van der Waals surface area contributed by atoms with E-state index in [1.807, 2.05) is 12.1 Å². The number of carbonyl (C=O) groups excluding carboxylic acids is 1. The van der Waals surface area contributed by atoms with Crippen LogP contribution in [-0.4, -0.2) is 18.3 Å². The van der Waals surface area contributed by atoms with Crippen LogP contribution in [0.3, 0.4) is 0 Å². The monoisotopic (exact) mass is 556 g/mol. The van der Waals surface area contributed by atoms with Crippen LogP contribution in [-0.2, 0) is 5.41 Å². The molecule has 0 aromatic heterocycles. The van der Waals surface area contributed by atoms with Gasteiger partial charge in [0.05, 0.1) is 5.41 Å². The van der Waals surface area contributed by atoms with Crippen LogP contribution < -0.4 is 0 Å². The molecule has 42 heavy (non-hydrogen) atoms. The van der Waals surface area contributed by atoms with Crippen molar-refractivity contribution in [1.29, 1.82) is 0 Å². The van der Waals surface area contributed by atoms with Crippen molar-refractivity contribution in [2.45, 2.75) is 15.2 Å². The molecule has 200 valence electrons. The van der Waals surface area contributed by atoms with Crippen LogP contribution in [0.5, 0.6) is 0 Å². The zero-order valence-corrected chi connectivity index (χ0v) is 24.3. The van der Waals surface area contributed by atoms with Crippen molar-refractivity contribution in [1.82, 2.24) is 0 Å². The minimum Gasteiger partial charge on any atom is -0.289 e. The van der Waals surface area contributed by atoms with Crippen molar-refractivity contribution in [3.63, 3.8) is 0 Å². The Morgan fingerprint density at radius 1 is 0.500 bits per heavy atom. The Hall–Kier alpha value is -4.66. The SMILES string of the molecule is CS1(C)c2ccccc2-c2cccc(C(=O)c3ccc4c(c3)C3(c5ccccc5-c5ccccc53)c3ccccc3-4)c21. The molecule has 1 heterocycles. The lowest BCUT2D eigenvalue weighted by molar-refractivity contribution is 0.103. The van der Waals surface area contributed by atoms with E-state index in [1.165, 1.54) is 65.4 Å². The summed E-state index contributed by atoms with van der Waals surface area (Å²) in [7, 11) is -1.33. The largest absolute Gasteiger partial charge is 0.289 e. The molecule has 1 nitrogen and oxygen atoms in total. The first-order valence-electron chi connectivity index (χ1n) is 14.5. The van der Waals surface area contributed by atoms with Gasteiger partial charge in [0.15, 0.2) is 5.78 Å². The molecule has 9 rings (SSSR count). The van der Waals surface area contributed by atoms with E-state index in [-0.39, 0.29) is 5.78 Å². The van der Waals surface area contributed by atoms with Crippen molar-refractivity contribution >= 4 is 15.8 Å². The average molecular weight is 557 g/mol. The predicted molar refractivity (Wildman–Crippen MR) is 174 cm³/mol. The van der Waals surface area contributed by atoms with Crippen LogP contribution in [0.15, 0.2) is 143 Å². The van der Waals surface area contributed by atoms with E-state index in [0.29, 0.717) is 0 Å². The van der Waals surface area contributed by atoms with Gasteiger partial charge in [-0.1, -0.05) is 115 Å². The van der Waals surface area contributed by atoms with E-state index in [0.717, 1.165) is 11.1 Å². The van der Waals surface area contributed by atoms with Gasteiger partial charge in [0.2, 0.25) is 0 Å². The van der Waals surface area contributed by atoms with Gasteiger partial charge in [0.25, 0.3) is 0 Å². The molecule has 0 amide bonds. The third-order valence-electron chi connectivity index (χ3n) is 9.76. The van der Waals surface area contributed by atoms with Crippen LogP contribution in [0.2, 0.25) is 0 Å². The summed E-state index contributed by atoms with van der Waals surface area (Å²) in [5, 5.41) is 0. The minimum absolute atomic E-state index is 0.105. The molecule has 0 fully saturated rings. The third-order valence-corrected chi connectivity index (χ3v) is 12.7. The molecule has 0 radical (unpaired) electrons. The van der Waals surface area contributed by atoms with Crippen molar-refractivity contribution in [3.8, 4) is 33.4 Å². The fourth-order valence-electron chi connectivity index (χ4n) is 8.11. The quantitative estimate of drug-likeness (QED) is 0.194. The summed E-state index contributed by atoms with van der Waals surface area (Å²) in [6, 6.07) is 47.8. The number of fused-ring (bicyclic) bond motifs is 13. The molecule has 3 aliphatic rings. The predicted octanol–water partition coefficient (Wildman–Crippen LogP) is 9.72. The molecule has 0 saturated carbocycles. The molecule has 1 spiro atoms. The Kier molecular flexibility index (Phi) is 4.69. The Morgan fingerprint density at radius 2 is 1.00 bits per heavy atom. The molecule has 0 N–H and O–H groups in total. The van der Waals surface area contributed by atoms with Crippen LogP contribution in [0.1, 0.15) is 38.2 Å². The van der Waals surface area contributed by atoms with E-state index >= 15 is 0 Å². The van der Waals surface area contributed by atoms with E-state index < -0.39 is 15.4 Å². The van der Waals surface area contributed by atoms with Gasteiger partial charge < -0.3 is 0 Å². The zero-order valence-electron chi connectivity index (χ0n) is 23.5. The highest BCUT2D eigenvalue weighted by atomic mass is 32.3. The second-order valence-electron chi connectivity index (χ2n) is 12.0. The van der Waals surface area contributed by atoms with E-state index in [1.54, 1.807) is 0 Å². The highest BCUT2D eigenvalue weighted by Gasteiger charge is 2.51. The number of benzene rings is 6. The average Bonchev–Trinajstić information content (AvgIpc) is 3.60. The van der Waals surface area contributed by atoms with Crippen LogP contribution >= 0.6 is 10.0 Å². The molecular weight excluding hydrogens is 529 g/mol. The first kappa shape index (κ1) is 24.0.